The number of carbonyl (C=O) groups is 2. The van der Waals surface area contributed by atoms with Crippen LogP contribution in [0.2, 0.25) is 10.0 Å². The zero-order valence-electron chi connectivity index (χ0n) is 27.5. The number of fused-ring (bicyclic) bond motifs is 1. The maximum atomic E-state index is 11.7. The quantitative estimate of drug-likeness (QED) is 0.104. The molecule has 0 radical (unpaired) electrons. The van der Waals surface area contributed by atoms with Gasteiger partial charge in [0.25, 0.3) is 0 Å². The zero-order chi connectivity index (χ0) is 35.6. The molecule has 2 fully saturated rings. The van der Waals surface area contributed by atoms with E-state index in [2.05, 4.69) is 20.9 Å². The molecule has 0 saturated carbocycles. The molecule has 15 heteroatoms. The topological polar surface area (TPSA) is 162 Å². The van der Waals surface area contributed by atoms with Gasteiger partial charge in [0.1, 0.15) is 16.6 Å². The highest BCUT2D eigenvalue weighted by Gasteiger charge is 2.36. The first-order valence-electron chi connectivity index (χ1n) is 16.5. The number of carboxylic acids is 1. The molecule has 264 valence electrons. The van der Waals surface area contributed by atoms with Crippen LogP contribution < -0.4 is 20.7 Å². The standard InChI is InChI=1S/C36H35Cl2N7O5S/c1-50-35-19(15-39-16-20-9-11-29(47)41-20)8-10-25(43-35)24-6-2-4-22(31(24)37)23-5-3-7-26(32(23)38)42-34-33-28(12-13-40-34)51-30(44-33)18-45-17-21(46)14-27(45)36(48)49/h2-8,10,12-13,20-21,27,39,46H,9,11,14-18H2,1H3,(H,40,42)(H,41,47)(H,48,49)/t20?,21-,27+/m1/s1. The number of ether oxygens (including phenoxy) is 1. The van der Waals surface area contributed by atoms with Gasteiger partial charge in [-0.1, -0.05) is 59.6 Å². The van der Waals surface area contributed by atoms with Gasteiger partial charge in [-0.15, -0.1) is 11.3 Å². The van der Waals surface area contributed by atoms with E-state index >= 15 is 0 Å². The Balaban J connectivity index is 1.11. The van der Waals surface area contributed by atoms with Crippen molar-refractivity contribution in [3.8, 4) is 28.3 Å². The van der Waals surface area contributed by atoms with Gasteiger partial charge in [0.2, 0.25) is 11.8 Å². The Hall–Kier alpha value is -4.37. The van der Waals surface area contributed by atoms with Crippen molar-refractivity contribution in [1.82, 2.24) is 30.5 Å². The molecule has 1 amide bonds. The van der Waals surface area contributed by atoms with Crippen molar-refractivity contribution in [3.63, 3.8) is 0 Å². The van der Waals surface area contributed by atoms with Crippen LogP contribution in [0.1, 0.15) is 29.8 Å². The molecule has 3 atom stereocenters. The molecule has 5 N–H and O–H groups in total. The number of anilines is 2. The average molecular weight is 749 g/mol. The summed E-state index contributed by atoms with van der Waals surface area (Å²) in [7, 11) is 1.58. The Morgan fingerprint density at radius 3 is 2.63 bits per heavy atom. The van der Waals surface area contributed by atoms with E-state index in [9.17, 15) is 19.8 Å². The molecule has 0 spiro atoms. The number of nitrogens with zero attached hydrogens (tertiary/aromatic N) is 4. The number of rotatable bonds is 12. The number of aliphatic carboxylic acids is 1. The first kappa shape index (κ1) is 35.1. The monoisotopic (exact) mass is 747 g/mol. The Labute approximate surface area is 307 Å². The van der Waals surface area contributed by atoms with E-state index < -0.39 is 18.1 Å². The Bertz CT molecular complexity index is 2110. The van der Waals surface area contributed by atoms with Crippen LogP contribution in [0.25, 0.3) is 32.6 Å². The van der Waals surface area contributed by atoms with Crippen LogP contribution >= 0.6 is 34.5 Å². The van der Waals surface area contributed by atoms with Gasteiger partial charge in [-0.05, 0) is 24.6 Å². The molecule has 51 heavy (non-hydrogen) atoms. The fourth-order valence-corrected chi connectivity index (χ4v) is 8.18. The molecule has 5 heterocycles. The second kappa shape index (κ2) is 15.1. The third kappa shape index (κ3) is 7.50. The molecule has 0 aliphatic carbocycles. The van der Waals surface area contributed by atoms with Crippen LogP contribution in [0.3, 0.4) is 0 Å². The van der Waals surface area contributed by atoms with Gasteiger partial charge >= 0.3 is 5.97 Å². The number of likely N-dealkylation sites (tertiary alicyclic amines) is 1. The number of β-amino-alcohol motifs (C(OH)–C–C–N with tert-alkyl or cyclic N) is 1. The number of methoxy groups -OCH3 is 1. The molecular weight excluding hydrogens is 713 g/mol. The molecule has 2 aliphatic rings. The normalized spacial score (nSPS) is 19.1. The van der Waals surface area contributed by atoms with Crippen molar-refractivity contribution in [1.29, 1.82) is 0 Å². The number of halogens is 2. The number of hydrogen-bond donors (Lipinski definition) is 5. The molecule has 3 aromatic heterocycles. The Kier molecular flexibility index (Phi) is 10.4. The highest BCUT2D eigenvalue weighted by atomic mass is 35.5. The summed E-state index contributed by atoms with van der Waals surface area (Å²) >= 11 is 15.6. The average Bonchev–Trinajstić information content (AvgIpc) is 3.84. The predicted octanol–water partition coefficient (Wildman–Crippen LogP) is 5.87. The molecule has 1 unspecified atom stereocenters. The van der Waals surface area contributed by atoms with Gasteiger partial charge < -0.3 is 30.9 Å². The van der Waals surface area contributed by atoms with Gasteiger partial charge in [-0.2, -0.15) is 0 Å². The number of nitrogens with one attached hydrogen (secondary N) is 3. The summed E-state index contributed by atoms with van der Waals surface area (Å²) in [6.45, 7) is 1.77. The Morgan fingerprint density at radius 2 is 1.86 bits per heavy atom. The van der Waals surface area contributed by atoms with E-state index in [-0.39, 0.29) is 24.9 Å². The van der Waals surface area contributed by atoms with Crippen LogP contribution in [0.5, 0.6) is 5.88 Å². The number of carbonyl (C=O) groups excluding carboxylic acids is 1. The fraction of sp³-hybridized carbons (Fsp3) is 0.306. The maximum absolute atomic E-state index is 11.7. The highest BCUT2D eigenvalue weighted by molar-refractivity contribution is 7.18. The van der Waals surface area contributed by atoms with Crippen LogP contribution in [0, 0.1) is 0 Å². The number of amides is 1. The molecule has 12 nitrogen and oxygen atoms in total. The number of thiazole rings is 1. The van der Waals surface area contributed by atoms with Crippen molar-refractivity contribution >= 4 is 68.1 Å². The molecule has 2 aromatic carbocycles. The van der Waals surface area contributed by atoms with Gasteiger partial charge in [-0.25, -0.2) is 15.0 Å². The third-order valence-electron chi connectivity index (χ3n) is 9.10. The number of benzene rings is 2. The smallest absolute Gasteiger partial charge is 0.321 e. The van der Waals surface area contributed by atoms with E-state index in [1.807, 2.05) is 54.6 Å². The van der Waals surface area contributed by atoms with Gasteiger partial charge in [-0.3, -0.25) is 14.5 Å². The maximum Gasteiger partial charge on any atom is 0.321 e. The van der Waals surface area contributed by atoms with E-state index in [4.69, 9.17) is 37.9 Å². The summed E-state index contributed by atoms with van der Waals surface area (Å²) in [4.78, 5) is 39.1. The van der Waals surface area contributed by atoms with Crippen LogP contribution in [0.15, 0.2) is 60.8 Å². The zero-order valence-corrected chi connectivity index (χ0v) is 29.9. The number of aromatic nitrogens is 3. The van der Waals surface area contributed by atoms with E-state index in [0.717, 1.165) is 27.3 Å². The SMILES string of the molecule is COc1nc(-c2cccc(-c3cccc(Nc4nccc5sc(CN6C[C@H](O)C[C@H]6C(=O)O)nc45)c3Cl)c2Cl)ccc1CNCC1CCC(=O)N1. The molecule has 0 bridgehead atoms. The highest BCUT2D eigenvalue weighted by Crippen LogP contribution is 2.42. The summed E-state index contributed by atoms with van der Waals surface area (Å²) in [5, 5.41) is 31.0. The summed E-state index contributed by atoms with van der Waals surface area (Å²) in [6, 6.07) is 16.4. The minimum atomic E-state index is -0.956. The predicted molar refractivity (Wildman–Crippen MR) is 198 cm³/mol. The first-order chi connectivity index (χ1) is 24.7. The summed E-state index contributed by atoms with van der Waals surface area (Å²) in [6.07, 6.45) is 2.57. The van der Waals surface area contributed by atoms with E-state index in [1.54, 1.807) is 18.2 Å². The number of aliphatic hydroxyl groups excluding tert-OH is 1. The molecule has 5 aromatic rings. The van der Waals surface area contributed by atoms with Gasteiger partial charge in [0.15, 0.2) is 5.82 Å². The van der Waals surface area contributed by atoms with Crippen molar-refractivity contribution in [2.75, 3.05) is 25.5 Å². The lowest BCUT2D eigenvalue weighted by Gasteiger charge is -2.18. The lowest BCUT2D eigenvalue weighted by Crippen LogP contribution is -2.35. The number of hydrogen-bond acceptors (Lipinski definition) is 11. The van der Waals surface area contributed by atoms with Crippen LogP contribution in [0.4, 0.5) is 11.5 Å². The van der Waals surface area contributed by atoms with Gasteiger partial charge in [0.05, 0.1) is 45.9 Å². The van der Waals surface area contributed by atoms with Crippen LogP contribution in [-0.4, -0.2) is 80.3 Å². The second-order valence-electron chi connectivity index (χ2n) is 12.5. The largest absolute Gasteiger partial charge is 0.481 e. The first-order valence-corrected chi connectivity index (χ1v) is 18.0. The lowest BCUT2D eigenvalue weighted by molar-refractivity contribution is -0.142. The molecular formula is C36H35Cl2N7O5S. The van der Waals surface area contributed by atoms with E-state index in [1.165, 1.54) is 11.3 Å². The van der Waals surface area contributed by atoms with E-state index in [0.29, 0.717) is 75.8 Å². The number of pyridine rings is 2. The van der Waals surface area contributed by atoms with Crippen molar-refractivity contribution in [2.45, 2.75) is 50.5 Å². The summed E-state index contributed by atoms with van der Waals surface area (Å²) in [5.74, 6) is 0.114. The van der Waals surface area contributed by atoms with Crippen molar-refractivity contribution in [3.05, 3.63) is 81.4 Å². The molecule has 2 aliphatic heterocycles. The Morgan fingerprint density at radius 1 is 1.08 bits per heavy atom. The molecule has 7 rings (SSSR count). The minimum absolute atomic E-state index is 0.0870. The minimum Gasteiger partial charge on any atom is -0.481 e. The summed E-state index contributed by atoms with van der Waals surface area (Å²) < 4.78 is 6.52. The second-order valence-corrected chi connectivity index (χ2v) is 14.4. The molecule has 2 saturated heterocycles. The number of aliphatic hydroxyl groups is 1. The van der Waals surface area contributed by atoms with Crippen LogP contribution in [-0.2, 0) is 22.7 Å². The summed E-state index contributed by atoms with van der Waals surface area (Å²) in [5.41, 5.74) is 4.91. The fourth-order valence-electron chi connectivity index (χ4n) is 6.59. The third-order valence-corrected chi connectivity index (χ3v) is 10.9. The van der Waals surface area contributed by atoms with Crippen molar-refractivity contribution in [2.24, 2.45) is 0 Å². The lowest BCUT2D eigenvalue weighted by atomic mass is 10.00. The van der Waals surface area contributed by atoms with Gasteiger partial charge in [0, 0.05) is 67.0 Å². The van der Waals surface area contributed by atoms with Crippen molar-refractivity contribution < 1.29 is 24.5 Å². The number of carboxylic acid groups (broad SMARTS) is 1.